The van der Waals surface area contributed by atoms with Gasteiger partial charge in [0, 0.05) is 13.1 Å². The molecule has 0 amide bonds. The number of ether oxygens (including phenoxy) is 1. The van der Waals surface area contributed by atoms with Gasteiger partial charge in [-0.05, 0) is 25.0 Å². The van der Waals surface area contributed by atoms with Crippen molar-refractivity contribution in [3.8, 4) is 0 Å². The van der Waals surface area contributed by atoms with Crippen molar-refractivity contribution in [2.24, 2.45) is 0 Å². The van der Waals surface area contributed by atoms with E-state index in [9.17, 15) is 17.2 Å². The Balaban J connectivity index is 2.12. The fourth-order valence-electron chi connectivity index (χ4n) is 2.32. The zero-order valence-electron chi connectivity index (χ0n) is 11.3. The minimum atomic E-state index is -4.19. The molecule has 0 spiro atoms. The summed E-state index contributed by atoms with van der Waals surface area (Å²) in [6.45, 7) is 0.358. The van der Waals surface area contributed by atoms with E-state index in [1.807, 2.05) is 0 Å². The van der Waals surface area contributed by atoms with E-state index < -0.39 is 26.6 Å². The van der Waals surface area contributed by atoms with Crippen LogP contribution in [0.25, 0.3) is 0 Å². The summed E-state index contributed by atoms with van der Waals surface area (Å²) in [5.41, 5.74) is 0. The maximum Gasteiger partial charge on any atom is 0.248 e. The average Bonchev–Trinajstić information content (AvgIpc) is 2.45. The molecular weight excluding hydrogens is 304 g/mol. The van der Waals surface area contributed by atoms with Crippen LogP contribution < -0.4 is 0 Å². The Hall–Kier alpha value is -1.09. The summed E-state index contributed by atoms with van der Waals surface area (Å²) in [6.07, 6.45) is 0.707. The molecule has 0 aromatic heterocycles. The third kappa shape index (κ3) is 3.57. The standard InChI is InChI=1S/C13H17F2NO4S/c14-11-2-1-3-12(15)13(11)21(18,19)16-6-4-10(5-7-16)20-9-8-17/h1-3,10,17H,4-9H2. The SMILES string of the molecule is O=S(=O)(c1c(F)cccc1F)N1CCC(OCCO)CC1. The molecule has 0 aliphatic carbocycles. The number of halogens is 2. The van der Waals surface area contributed by atoms with Crippen LogP contribution in [0, 0.1) is 11.6 Å². The molecule has 0 bridgehead atoms. The quantitative estimate of drug-likeness (QED) is 0.883. The number of hydrogen-bond acceptors (Lipinski definition) is 4. The van der Waals surface area contributed by atoms with Crippen molar-refractivity contribution in [1.29, 1.82) is 0 Å². The van der Waals surface area contributed by atoms with Crippen LogP contribution >= 0.6 is 0 Å². The number of aliphatic hydroxyl groups excluding tert-OH is 1. The molecule has 5 nitrogen and oxygen atoms in total. The molecule has 1 aliphatic heterocycles. The number of aliphatic hydroxyl groups is 1. The molecule has 1 N–H and O–H groups in total. The van der Waals surface area contributed by atoms with Crippen LogP contribution in [0.5, 0.6) is 0 Å². The molecule has 0 radical (unpaired) electrons. The van der Waals surface area contributed by atoms with Crippen LogP contribution in [0.1, 0.15) is 12.8 Å². The molecule has 1 heterocycles. The van der Waals surface area contributed by atoms with Gasteiger partial charge >= 0.3 is 0 Å². The van der Waals surface area contributed by atoms with Gasteiger partial charge in [0.1, 0.15) is 11.6 Å². The van der Waals surface area contributed by atoms with Crippen LogP contribution in [-0.2, 0) is 14.8 Å². The highest BCUT2D eigenvalue weighted by atomic mass is 32.2. The van der Waals surface area contributed by atoms with E-state index in [4.69, 9.17) is 9.84 Å². The van der Waals surface area contributed by atoms with Crippen LogP contribution in [0.2, 0.25) is 0 Å². The van der Waals surface area contributed by atoms with Gasteiger partial charge in [0.05, 0.1) is 19.3 Å². The van der Waals surface area contributed by atoms with Crippen LogP contribution in [0.3, 0.4) is 0 Å². The van der Waals surface area contributed by atoms with Crippen molar-refractivity contribution in [3.63, 3.8) is 0 Å². The van der Waals surface area contributed by atoms with Gasteiger partial charge in [0.25, 0.3) is 0 Å². The molecular formula is C13H17F2NO4S. The van der Waals surface area contributed by atoms with Gasteiger partial charge in [-0.25, -0.2) is 17.2 Å². The van der Waals surface area contributed by atoms with Crippen molar-refractivity contribution >= 4 is 10.0 Å². The van der Waals surface area contributed by atoms with Crippen LogP contribution in [0.15, 0.2) is 23.1 Å². The molecule has 118 valence electrons. The van der Waals surface area contributed by atoms with Gasteiger partial charge in [-0.1, -0.05) is 6.07 Å². The lowest BCUT2D eigenvalue weighted by molar-refractivity contribution is 0.00315. The normalized spacial score (nSPS) is 18.0. The van der Waals surface area contributed by atoms with E-state index in [0.29, 0.717) is 12.8 Å². The molecule has 1 aliphatic rings. The van der Waals surface area contributed by atoms with Crippen molar-refractivity contribution in [3.05, 3.63) is 29.8 Å². The van der Waals surface area contributed by atoms with Crippen LogP contribution in [-0.4, -0.2) is 50.2 Å². The summed E-state index contributed by atoms with van der Waals surface area (Å²) in [6, 6.07) is 2.97. The number of hydrogen-bond donors (Lipinski definition) is 1. The summed E-state index contributed by atoms with van der Waals surface area (Å²) in [4.78, 5) is -0.903. The second-order valence-corrected chi connectivity index (χ2v) is 6.62. The summed E-state index contributed by atoms with van der Waals surface area (Å²) in [7, 11) is -4.19. The predicted octanol–water partition coefficient (Wildman–Crippen LogP) is 1.13. The fourth-order valence-corrected chi connectivity index (χ4v) is 3.90. The van der Waals surface area contributed by atoms with E-state index in [2.05, 4.69) is 0 Å². The van der Waals surface area contributed by atoms with E-state index in [1.54, 1.807) is 0 Å². The van der Waals surface area contributed by atoms with E-state index in [0.717, 1.165) is 22.5 Å². The first-order valence-corrected chi connectivity index (χ1v) is 8.07. The fraction of sp³-hybridized carbons (Fsp3) is 0.538. The van der Waals surface area contributed by atoms with E-state index >= 15 is 0 Å². The number of sulfonamides is 1. The monoisotopic (exact) mass is 321 g/mol. The molecule has 1 aromatic carbocycles. The van der Waals surface area contributed by atoms with Gasteiger partial charge in [-0.15, -0.1) is 0 Å². The summed E-state index contributed by atoms with van der Waals surface area (Å²) in [5, 5.41) is 8.67. The Morgan fingerprint density at radius 1 is 1.24 bits per heavy atom. The average molecular weight is 321 g/mol. The van der Waals surface area contributed by atoms with Gasteiger partial charge in [-0.2, -0.15) is 4.31 Å². The molecule has 1 saturated heterocycles. The predicted molar refractivity (Wildman–Crippen MR) is 71.2 cm³/mol. The lowest BCUT2D eigenvalue weighted by Crippen LogP contribution is -2.41. The highest BCUT2D eigenvalue weighted by Gasteiger charge is 2.33. The topological polar surface area (TPSA) is 66.8 Å². The lowest BCUT2D eigenvalue weighted by atomic mass is 10.1. The largest absolute Gasteiger partial charge is 0.394 e. The third-order valence-corrected chi connectivity index (χ3v) is 5.31. The van der Waals surface area contributed by atoms with Crippen molar-refractivity contribution in [1.82, 2.24) is 4.31 Å². The highest BCUT2D eigenvalue weighted by Crippen LogP contribution is 2.25. The molecule has 1 fully saturated rings. The molecule has 21 heavy (non-hydrogen) atoms. The first-order chi connectivity index (χ1) is 9.96. The third-order valence-electron chi connectivity index (χ3n) is 3.36. The van der Waals surface area contributed by atoms with Crippen molar-refractivity contribution in [2.75, 3.05) is 26.3 Å². The summed E-state index contributed by atoms with van der Waals surface area (Å²) < 4.78 is 58.3. The maximum atomic E-state index is 13.6. The molecule has 8 heteroatoms. The Morgan fingerprint density at radius 3 is 2.33 bits per heavy atom. The van der Waals surface area contributed by atoms with Crippen LogP contribution in [0.4, 0.5) is 8.78 Å². The molecule has 0 saturated carbocycles. The second kappa shape index (κ2) is 6.78. The number of rotatable bonds is 5. The zero-order valence-corrected chi connectivity index (χ0v) is 12.2. The smallest absolute Gasteiger partial charge is 0.248 e. The van der Waals surface area contributed by atoms with Crippen molar-refractivity contribution in [2.45, 2.75) is 23.8 Å². The highest BCUT2D eigenvalue weighted by molar-refractivity contribution is 7.89. The Labute approximate surface area is 122 Å². The summed E-state index contributed by atoms with van der Waals surface area (Å²) >= 11 is 0. The van der Waals surface area contributed by atoms with Gasteiger partial charge in [0.2, 0.25) is 10.0 Å². The zero-order chi connectivity index (χ0) is 15.5. The number of nitrogens with zero attached hydrogens (tertiary/aromatic N) is 1. The van der Waals surface area contributed by atoms with Gasteiger partial charge < -0.3 is 9.84 Å². The first kappa shape index (κ1) is 16.3. The minimum absolute atomic E-state index is 0.0983. The molecule has 2 rings (SSSR count). The number of benzene rings is 1. The van der Waals surface area contributed by atoms with Crippen molar-refractivity contribution < 1.29 is 27.0 Å². The van der Waals surface area contributed by atoms with Gasteiger partial charge in [0.15, 0.2) is 4.90 Å². The second-order valence-electron chi connectivity index (χ2n) is 4.75. The Morgan fingerprint density at radius 2 is 1.81 bits per heavy atom. The minimum Gasteiger partial charge on any atom is -0.394 e. The molecule has 0 atom stereocenters. The molecule has 0 unspecified atom stereocenters. The summed E-state index contributed by atoms with van der Waals surface area (Å²) in [5.74, 6) is -2.18. The van der Waals surface area contributed by atoms with Gasteiger partial charge in [-0.3, -0.25) is 0 Å². The number of piperidine rings is 1. The lowest BCUT2D eigenvalue weighted by Gasteiger charge is -2.31. The van der Waals surface area contributed by atoms with E-state index in [-0.39, 0.29) is 32.4 Å². The maximum absolute atomic E-state index is 13.6. The first-order valence-electron chi connectivity index (χ1n) is 6.63. The van der Waals surface area contributed by atoms with E-state index in [1.165, 1.54) is 0 Å². The molecule has 1 aromatic rings. The Kier molecular flexibility index (Phi) is 5.26. The Bertz CT molecular complexity index is 566.